The molecular formula is C16H20N2O3. The molecule has 0 fully saturated rings. The van der Waals surface area contributed by atoms with E-state index >= 15 is 0 Å². The maximum absolute atomic E-state index is 10.4. The van der Waals surface area contributed by atoms with Crippen LogP contribution < -0.4 is 4.74 Å². The van der Waals surface area contributed by atoms with Crippen molar-refractivity contribution in [2.75, 3.05) is 6.61 Å². The van der Waals surface area contributed by atoms with Crippen molar-refractivity contribution in [1.82, 2.24) is 9.55 Å². The molecule has 0 saturated heterocycles. The summed E-state index contributed by atoms with van der Waals surface area (Å²) in [5.74, 6) is 0.113. The number of rotatable bonds is 9. The van der Waals surface area contributed by atoms with Crippen LogP contribution in [0.2, 0.25) is 0 Å². The van der Waals surface area contributed by atoms with Gasteiger partial charge in [-0.1, -0.05) is 25.0 Å². The second-order valence-corrected chi connectivity index (χ2v) is 4.84. The molecule has 0 spiro atoms. The van der Waals surface area contributed by atoms with Crippen LogP contribution in [0.4, 0.5) is 0 Å². The number of carboxylic acid groups (broad SMARTS) is 1. The van der Waals surface area contributed by atoms with E-state index < -0.39 is 5.97 Å². The lowest BCUT2D eigenvalue weighted by Gasteiger charge is -2.11. The topological polar surface area (TPSA) is 64.3 Å². The van der Waals surface area contributed by atoms with Crippen molar-refractivity contribution in [3.8, 4) is 11.4 Å². The third-order valence-electron chi connectivity index (χ3n) is 3.19. The van der Waals surface area contributed by atoms with Gasteiger partial charge in [0.2, 0.25) is 0 Å². The lowest BCUT2D eigenvalue weighted by molar-refractivity contribution is -0.137. The first-order valence-corrected chi connectivity index (χ1v) is 7.19. The van der Waals surface area contributed by atoms with Gasteiger partial charge in [-0.2, -0.15) is 0 Å². The summed E-state index contributed by atoms with van der Waals surface area (Å²) in [4.78, 5) is 14.4. The number of ether oxygens (including phenoxy) is 1. The Morgan fingerprint density at radius 3 is 2.76 bits per heavy atom. The number of aromatic nitrogens is 2. The van der Waals surface area contributed by atoms with Gasteiger partial charge >= 0.3 is 5.97 Å². The molecule has 21 heavy (non-hydrogen) atoms. The van der Waals surface area contributed by atoms with Crippen molar-refractivity contribution in [2.45, 2.75) is 32.1 Å². The molecule has 0 aliphatic carbocycles. The number of imidazole rings is 1. The Morgan fingerprint density at radius 1 is 1.19 bits per heavy atom. The first-order chi connectivity index (χ1) is 10.3. The van der Waals surface area contributed by atoms with Crippen molar-refractivity contribution in [3.63, 3.8) is 0 Å². The van der Waals surface area contributed by atoms with Gasteiger partial charge < -0.3 is 14.4 Å². The molecule has 5 nitrogen and oxygen atoms in total. The summed E-state index contributed by atoms with van der Waals surface area (Å²) in [6, 6.07) is 7.85. The SMILES string of the molecule is O=C(O)CCCCCCOc1ccccc1-n1ccnc1. The average molecular weight is 288 g/mol. The van der Waals surface area contributed by atoms with Crippen molar-refractivity contribution in [3.05, 3.63) is 43.0 Å². The van der Waals surface area contributed by atoms with Crippen LogP contribution in [0.15, 0.2) is 43.0 Å². The first-order valence-electron chi connectivity index (χ1n) is 7.19. The number of carboxylic acids is 1. The molecular weight excluding hydrogens is 268 g/mol. The van der Waals surface area contributed by atoms with Crippen LogP contribution in [0, 0.1) is 0 Å². The summed E-state index contributed by atoms with van der Waals surface area (Å²) in [7, 11) is 0. The number of unbranched alkanes of at least 4 members (excludes halogenated alkanes) is 3. The Labute approximate surface area is 124 Å². The molecule has 2 rings (SSSR count). The van der Waals surface area contributed by atoms with Crippen LogP contribution in [0.5, 0.6) is 5.75 Å². The highest BCUT2D eigenvalue weighted by atomic mass is 16.5. The van der Waals surface area contributed by atoms with Crippen LogP contribution in [0.25, 0.3) is 5.69 Å². The van der Waals surface area contributed by atoms with Crippen molar-refractivity contribution < 1.29 is 14.6 Å². The highest BCUT2D eigenvalue weighted by Gasteiger charge is 2.04. The molecule has 1 aromatic heterocycles. The Kier molecular flexibility index (Phi) is 5.82. The number of benzene rings is 1. The smallest absolute Gasteiger partial charge is 0.303 e. The number of hydrogen-bond donors (Lipinski definition) is 1. The molecule has 1 heterocycles. The fraction of sp³-hybridized carbons (Fsp3) is 0.375. The van der Waals surface area contributed by atoms with Gasteiger partial charge in [0.25, 0.3) is 0 Å². The summed E-state index contributed by atoms with van der Waals surface area (Å²) < 4.78 is 7.74. The second-order valence-electron chi connectivity index (χ2n) is 4.84. The van der Waals surface area contributed by atoms with Crippen LogP contribution in [-0.2, 0) is 4.79 Å². The zero-order valence-corrected chi connectivity index (χ0v) is 11.9. The van der Waals surface area contributed by atoms with E-state index in [2.05, 4.69) is 4.98 Å². The number of nitrogens with zero attached hydrogens (tertiary/aromatic N) is 2. The van der Waals surface area contributed by atoms with E-state index in [1.54, 1.807) is 12.5 Å². The van der Waals surface area contributed by atoms with E-state index in [-0.39, 0.29) is 6.42 Å². The molecule has 0 saturated carbocycles. The first kappa shape index (κ1) is 15.1. The zero-order chi connectivity index (χ0) is 14.9. The Balaban J connectivity index is 1.75. The maximum atomic E-state index is 10.4. The van der Waals surface area contributed by atoms with E-state index in [9.17, 15) is 4.79 Å². The number of aliphatic carboxylic acids is 1. The molecule has 1 aromatic carbocycles. The molecule has 0 aliphatic heterocycles. The monoisotopic (exact) mass is 288 g/mol. The van der Waals surface area contributed by atoms with Crippen LogP contribution in [-0.4, -0.2) is 27.2 Å². The Bertz CT molecular complexity index is 552. The minimum atomic E-state index is -0.722. The van der Waals surface area contributed by atoms with Gasteiger partial charge in [0, 0.05) is 18.8 Å². The van der Waals surface area contributed by atoms with Gasteiger partial charge in [0.05, 0.1) is 18.6 Å². The van der Waals surface area contributed by atoms with Crippen molar-refractivity contribution in [1.29, 1.82) is 0 Å². The molecule has 0 atom stereocenters. The third kappa shape index (κ3) is 4.95. The molecule has 5 heteroatoms. The predicted molar refractivity (Wildman–Crippen MR) is 79.8 cm³/mol. The van der Waals surface area contributed by atoms with E-state index in [0.717, 1.165) is 37.1 Å². The Morgan fingerprint density at radius 2 is 2.00 bits per heavy atom. The summed E-state index contributed by atoms with van der Waals surface area (Å²) >= 11 is 0. The van der Waals surface area contributed by atoms with Crippen molar-refractivity contribution in [2.24, 2.45) is 0 Å². The van der Waals surface area contributed by atoms with E-state index in [0.29, 0.717) is 6.61 Å². The van der Waals surface area contributed by atoms with Gasteiger partial charge in [-0.15, -0.1) is 0 Å². The quantitative estimate of drug-likeness (QED) is 0.719. The minimum absolute atomic E-state index is 0.254. The summed E-state index contributed by atoms with van der Waals surface area (Å²) in [5.41, 5.74) is 0.973. The largest absolute Gasteiger partial charge is 0.491 e. The molecule has 0 bridgehead atoms. The number of para-hydroxylation sites is 2. The highest BCUT2D eigenvalue weighted by Crippen LogP contribution is 2.22. The highest BCUT2D eigenvalue weighted by molar-refractivity contribution is 5.66. The van der Waals surface area contributed by atoms with Gasteiger partial charge in [0.1, 0.15) is 5.75 Å². The van der Waals surface area contributed by atoms with Crippen LogP contribution in [0.1, 0.15) is 32.1 Å². The molecule has 0 aliphatic rings. The molecule has 0 radical (unpaired) electrons. The molecule has 2 aromatic rings. The molecule has 1 N–H and O–H groups in total. The molecule has 112 valence electrons. The standard InChI is InChI=1S/C16H20N2O3/c19-16(20)9-3-1-2-6-12-21-15-8-5-4-7-14(15)18-11-10-17-13-18/h4-5,7-8,10-11,13H,1-3,6,9,12H2,(H,19,20). The van der Waals surface area contributed by atoms with Crippen LogP contribution >= 0.6 is 0 Å². The predicted octanol–water partition coefficient (Wildman–Crippen LogP) is 3.29. The Hall–Kier alpha value is -2.30. The second kappa shape index (κ2) is 8.09. The lowest BCUT2D eigenvalue weighted by Crippen LogP contribution is -2.02. The third-order valence-corrected chi connectivity index (χ3v) is 3.19. The maximum Gasteiger partial charge on any atom is 0.303 e. The van der Waals surface area contributed by atoms with E-state index in [1.165, 1.54) is 0 Å². The fourth-order valence-electron chi connectivity index (χ4n) is 2.11. The molecule has 0 unspecified atom stereocenters. The minimum Gasteiger partial charge on any atom is -0.491 e. The lowest BCUT2D eigenvalue weighted by atomic mass is 10.1. The van der Waals surface area contributed by atoms with E-state index in [1.807, 2.05) is 35.0 Å². The summed E-state index contributed by atoms with van der Waals surface area (Å²) in [6.07, 6.45) is 9.20. The average Bonchev–Trinajstić information content (AvgIpc) is 3.00. The summed E-state index contributed by atoms with van der Waals surface area (Å²) in [6.45, 7) is 0.638. The normalized spacial score (nSPS) is 10.5. The molecule has 0 amide bonds. The van der Waals surface area contributed by atoms with Gasteiger partial charge in [-0.05, 0) is 25.0 Å². The van der Waals surface area contributed by atoms with Gasteiger partial charge in [-0.3, -0.25) is 4.79 Å². The number of hydrogen-bond acceptors (Lipinski definition) is 3. The fourth-order valence-corrected chi connectivity index (χ4v) is 2.11. The van der Waals surface area contributed by atoms with Crippen LogP contribution in [0.3, 0.4) is 0 Å². The van der Waals surface area contributed by atoms with Crippen molar-refractivity contribution >= 4 is 5.97 Å². The zero-order valence-electron chi connectivity index (χ0n) is 11.9. The van der Waals surface area contributed by atoms with Gasteiger partial charge in [0.15, 0.2) is 0 Å². The number of carbonyl (C=O) groups is 1. The van der Waals surface area contributed by atoms with E-state index in [4.69, 9.17) is 9.84 Å². The van der Waals surface area contributed by atoms with Gasteiger partial charge in [-0.25, -0.2) is 4.98 Å². The summed E-state index contributed by atoms with van der Waals surface area (Å²) in [5, 5.41) is 8.55.